The summed E-state index contributed by atoms with van der Waals surface area (Å²) < 4.78 is 33.5. The fourth-order valence-corrected chi connectivity index (χ4v) is 2.33. The first kappa shape index (κ1) is 18.1. The van der Waals surface area contributed by atoms with E-state index in [4.69, 9.17) is 4.74 Å². The highest BCUT2D eigenvalue weighted by Crippen LogP contribution is 2.26. The molecule has 0 spiro atoms. The van der Waals surface area contributed by atoms with Crippen LogP contribution in [-0.2, 0) is 10.2 Å². The maximum Gasteiger partial charge on any atom is 0.301 e. The Morgan fingerprint density at radius 1 is 1.33 bits per heavy atom. The SMILES string of the molecule is CN(C)CCCOc1ncc(Br)cc1NS(=O)(=O)N(C)C. The number of pyridine rings is 1. The molecule has 9 heteroatoms. The number of hydrogen-bond acceptors (Lipinski definition) is 5. The van der Waals surface area contributed by atoms with Crippen molar-refractivity contribution in [3.63, 3.8) is 0 Å². The van der Waals surface area contributed by atoms with Gasteiger partial charge in [0.05, 0.1) is 6.61 Å². The normalized spacial score (nSPS) is 12.0. The molecule has 0 radical (unpaired) electrons. The van der Waals surface area contributed by atoms with E-state index in [2.05, 4.69) is 25.6 Å². The van der Waals surface area contributed by atoms with Crippen molar-refractivity contribution in [1.29, 1.82) is 0 Å². The first-order chi connectivity index (χ1) is 9.72. The summed E-state index contributed by atoms with van der Waals surface area (Å²) in [5.74, 6) is 0.266. The predicted molar refractivity (Wildman–Crippen MR) is 86.8 cm³/mol. The van der Waals surface area contributed by atoms with Crippen LogP contribution in [0.1, 0.15) is 6.42 Å². The average Bonchev–Trinajstić information content (AvgIpc) is 2.35. The Hall–Kier alpha value is -0.900. The van der Waals surface area contributed by atoms with Gasteiger partial charge in [-0.2, -0.15) is 12.7 Å². The molecule has 21 heavy (non-hydrogen) atoms. The molecule has 120 valence electrons. The molecule has 0 aliphatic heterocycles. The molecule has 0 amide bonds. The van der Waals surface area contributed by atoms with Crippen LogP contribution in [0.25, 0.3) is 0 Å². The number of rotatable bonds is 8. The Morgan fingerprint density at radius 3 is 2.57 bits per heavy atom. The lowest BCUT2D eigenvalue weighted by molar-refractivity contribution is 0.274. The standard InChI is InChI=1S/C12H21BrN4O3S/c1-16(2)6-5-7-20-12-11(8-10(13)9-14-12)15-21(18,19)17(3)4/h8-9,15H,5-7H2,1-4H3. The lowest BCUT2D eigenvalue weighted by Gasteiger charge is -2.16. The third kappa shape index (κ3) is 6.16. The van der Waals surface area contributed by atoms with Gasteiger partial charge in [-0.25, -0.2) is 4.98 Å². The minimum atomic E-state index is -3.60. The van der Waals surface area contributed by atoms with Crippen LogP contribution < -0.4 is 9.46 Å². The lowest BCUT2D eigenvalue weighted by atomic mass is 10.4. The maximum atomic E-state index is 11.9. The molecule has 0 aliphatic carbocycles. The van der Waals surface area contributed by atoms with Gasteiger partial charge in [0.2, 0.25) is 5.88 Å². The highest BCUT2D eigenvalue weighted by atomic mass is 79.9. The summed E-state index contributed by atoms with van der Waals surface area (Å²) in [7, 11) is 3.26. The fourth-order valence-electron chi connectivity index (χ4n) is 1.39. The third-order valence-corrected chi connectivity index (χ3v) is 4.40. The van der Waals surface area contributed by atoms with Gasteiger partial charge in [0, 0.05) is 31.3 Å². The van der Waals surface area contributed by atoms with Crippen molar-refractivity contribution in [3.8, 4) is 5.88 Å². The minimum absolute atomic E-state index is 0.266. The van der Waals surface area contributed by atoms with E-state index in [1.807, 2.05) is 19.0 Å². The molecular weight excluding hydrogens is 360 g/mol. The second-order valence-corrected chi connectivity index (χ2v) is 7.70. The third-order valence-electron chi connectivity index (χ3n) is 2.53. The van der Waals surface area contributed by atoms with Gasteiger partial charge in [0.25, 0.3) is 0 Å². The van der Waals surface area contributed by atoms with Crippen molar-refractivity contribution in [2.24, 2.45) is 0 Å². The van der Waals surface area contributed by atoms with Gasteiger partial charge in [-0.05, 0) is 42.5 Å². The van der Waals surface area contributed by atoms with Gasteiger partial charge in [0.15, 0.2) is 0 Å². The second-order valence-electron chi connectivity index (χ2n) is 4.90. The molecule has 0 saturated carbocycles. The first-order valence-electron chi connectivity index (χ1n) is 6.35. The molecule has 0 aliphatic rings. The van der Waals surface area contributed by atoms with Crippen LogP contribution in [-0.4, -0.2) is 63.9 Å². The average molecular weight is 381 g/mol. The summed E-state index contributed by atoms with van der Waals surface area (Å²) in [4.78, 5) is 6.16. The van der Waals surface area contributed by atoms with Gasteiger partial charge in [-0.1, -0.05) is 0 Å². The van der Waals surface area contributed by atoms with Crippen molar-refractivity contribution in [2.45, 2.75) is 6.42 Å². The number of aromatic nitrogens is 1. The molecule has 1 aromatic heterocycles. The van der Waals surface area contributed by atoms with Crippen molar-refractivity contribution in [3.05, 3.63) is 16.7 Å². The van der Waals surface area contributed by atoms with Crippen LogP contribution in [0.15, 0.2) is 16.7 Å². The van der Waals surface area contributed by atoms with Gasteiger partial charge in [-0.15, -0.1) is 0 Å². The number of hydrogen-bond donors (Lipinski definition) is 1. The Balaban J connectivity index is 2.80. The zero-order valence-electron chi connectivity index (χ0n) is 12.6. The zero-order valence-corrected chi connectivity index (χ0v) is 15.0. The highest BCUT2D eigenvalue weighted by molar-refractivity contribution is 9.10. The number of anilines is 1. The summed E-state index contributed by atoms with van der Waals surface area (Å²) in [5, 5.41) is 0. The number of nitrogens with one attached hydrogen (secondary N) is 1. The summed E-state index contributed by atoms with van der Waals surface area (Å²) >= 11 is 3.27. The second kappa shape index (κ2) is 7.92. The van der Waals surface area contributed by atoms with Crippen molar-refractivity contribution in [1.82, 2.24) is 14.2 Å². The van der Waals surface area contributed by atoms with Crippen LogP contribution in [0.2, 0.25) is 0 Å². The van der Waals surface area contributed by atoms with E-state index in [1.54, 1.807) is 12.3 Å². The zero-order chi connectivity index (χ0) is 16.0. The molecule has 0 aromatic carbocycles. The van der Waals surface area contributed by atoms with Crippen LogP contribution in [0, 0.1) is 0 Å². The van der Waals surface area contributed by atoms with E-state index in [0.29, 0.717) is 16.8 Å². The molecule has 1 N–H and O–H groups in total. The number of ether oxygens (including phenoxy) is 1. The lowest BCUT2D eigenvalue weighted by Crippen LogP contribution is -2.29. The summed E-state index contributed by atoms with van der Waals surface area (Å²) in [6.07, 6.45) is 2.39. The smallest absolute Gasteiger partial charge is 0.301 e. The van der Waals surface area contributed by atoms with E-state index in [9.17, 15) is 8.42 Å². The van der Waals surface area contributed by atoms with E-state index in [0.717, 1.165) is 17.3 Å². The molecule has 1 aromatic rings. The first-order valence-corrected chi connectivity index (χ1v) is 8.59. The highest BCUT2D eigenvalue weighted by Gasteiger charge is 2.17. The molecule has 1 rings (SSSR count). The van der Waals surface area contributed by atoms with Crippen LogP contribution in [0.3, 0.4) is 0 Å². The summed E-state index contributed by atoms with van der Waals surface area (Å²) in [5.41, 5.74) is 0.308. The quantitative estimate of drug-likeness (QED) is 0.689. The van der Waals surface area contributed by atoms with Crippen LogP contribution in [0.4, 0.5) is 5.69 Å². The summed E-state index contributed by atoms with van der Waals surface area (Å²) in [6.45, 7) is 1.35. The van der Waals surface area contributed by atoms with Crippen molar-refractivity contribution in [2.75, 3.05) is 46.1 Å². The number of nitrogens with zero attached hydrogens (tertiary/aromatic N) is 3. The van der Waals surface area contributed by atoms with Gasteiger partial charge < -0.3 is 9.64 Å². The Labute approximate surface area is 134 Å². The Bertz CT molecular complexity index is 564. The van der Waals surface area contributed by atoms with E-state index in [1.165, 1.54) is 14.1 Å². The molecule has 0 saturated heterocycles. The van der Waals surface area contributed by atoms with Crippen LogP contribution in [0.5, 0.6) is 5.88 Å². The molecule has 0 atom stereocenters. The van der Waals surface area contributed by atoms with E-state index in [-0.39, 0.29) is 5.88 Å². The molecule has 0 bridgehead atoms. The largest absolute Gasteiger partial charge is 0.476 e. The Morgan fingerprint density at radius 2 is 2.00 bits per heavy atom. The fraction of sp³-hybridized carbons (Fsp3) is 0.583. The maximum absolute atomic E-state index is 11.9. The van der Waals surface area contributed by atoms with Gasteiger partial charge in [-0.3, -0.25) is 4.72 Å². The van der Waals surface area contributed by atoms with Gasteiger partial charge >= 0.3 is 10.2 Å². The van der Waals surface area contributed by atoms with Crippen molar-refractivity contribution >= 4 is 31.8 Å². The molecule has 0 unspecified atom stereocenters. The minimum Gasteiger partial charge on any atom is -0.476 e. The van der Waals surface area contributed by atoms with Crippen molar-refractivity contribution < 1.29 is 13.2 Å². The molecular formula is C12H21BrN4O3S. The topological polar surface area (TPSA) is 74.8 Å². The molecule has 1 heterocycles. The molecule has 7 nitrogen and oxygen atoms in total. The Kier molecular flexibility index (Phi) is 6.85. The number of halogens is 1. The predicted octanol–water partition coefficient (Wildman–Crippen LogP) is 1.39. The monoisotopic (exact) mass is 380 g/mol. The van der Waals surface area contributed by atoms with Crippen LogP contribution >= 0.6 is 15.9 Å². The summed E-state index contributed by atoms with van der Waals surface area (Å²) in [6, 6.07) is 1.62. The molecule has 0 fully saturated rings. The van der Waals surface area contributed by atoms with E-state index < -0.39 is 10.2 Å². The van der Waals surface area contributed by atoms with E-state index >= 15 is 0 Å². The van der Waals surface area contributed by atoms with Gasteiger partial charge in [0.1, 0.15) is 5.69 Å².